The van der Waals surface area contributed by atoms with Gasteiger partial charge in [0, 0.05) is 5.56 Å². The van der Waals surface area contributed by atoms with E-state index >= 15 is 0 Å². The third-order valence-corrected chi connectivity index (χ3v) is 3.45. The molecule has 0 radical (unpaired) electrons. The van der Waals surface area contributed by atoms with Crippen LogP contribution in [-0.2, 0) is 0 Å². The predicted molar refractivity (Wildman–Crippen MR) is 87.4 cm³/mol. The summed E-state index contributed by atoms with van der Waals surface area (Å²) in [5.74, 6) is 0.806. The zero-order valence-corrected chi connectivity index (χ0v) is 12.6. The van der Waals surface area contributed by atoms with Crippen LogP contribution in [-0.4, -0.2) is 17.8 Å². The molecule has 0 aliphatic carbocycles. The van der Waals surface area contributed by atoms with Gasteiger partial charge in [-0.25, -0.2) is 0 Å². The molecule has 0 saturated carbocycles. The Morgan fingerprint density at radius 3 is 2.48 bits per heavy atom. The van der Waals surface area contributed by atoms with Gasteiger partial charge in [0.15, 0.2) is 0 Å². The number of benzene rings is 2. The molecule has 0 aromatic heterocycles. The van der Waals surface area contributed by atoms with Gasteiger partial charge in [0.2, 0.25) is 0 Å². The second-order valence-electron chi connectivity index (χ2n) is 5.17. The summed E-state index contributed by atoms with van der Waals surface area (Å²) in [5.41, 5.74) is 3.34. The standard InChI is InChI=1S/C19H22O2/c1-3-15(2)13-17(20)14-21-19-12-8-7-11-18(19)16-9-5-4-6-10-16/h3-12,17,20H,13-14H2,1-2H3. The highest BCUT2D eigenvalue weighted by atomic mass is 16.5. The van der Waals surface area contributed by atoms with E-state index in [1.807, 2.05) is 62.4 Å². The van der Waals surface area contributed by atoms with E-state index < -0.39 is 6.10 Å². The summed E-state index contributed by atoms with van der Waals surface area (Å²) in [6.07, 6.45) is 2.18. The average molecular weight is 282 g/mol. The van der Waals surface area contributed by atoms with Gasteiger partial charge < -0.3 is 9.84 Å². The SMILES string of the molecule is CC=C(C)CC(O)COc1ccccc1-c1ccccc1. The summed E-state index contributed by atoms with van der Waals surface area (Å²) in [6.45, 7) is 4.30. The van der Waals surface area contributed by atoms with Gasteiger partial charge in [0.1, 0.15) is 12.4 Å². The van der Waals surface area contributed by atoms with Gasteiger partial charge in [-0.15, -0.1) is 0 Å². The largest absolute Gasteiger partial charge is 0.490 e. The van der Waals surface area contributed by atoms with E-state index in [-0.39, 0.29) is 0 Å². The molecule has 0 bridgehead atoms. The number of ether oxygens (including phenoxy) is 1. The first-order valence-electron chi connectivity index (χ1n) is 7.28. The number of aliphatic hydroxyl groups is 1. The van der Waals surface area contributed by atoms with Crippen molar-refractivity contribution < 1.29 is 9.84 Å². The average Bonchev–Trinajstić information content (AvgIpc) is 2.54. The van der Waals surface area contributed by atoms with Crippen molar-refractivity contribution in [3.05, 3.63) is 66.2 Å². The molecular weight excluding hydrogens is 260 g/mol. The summed E-state index contributed by atoms with van der Waals surface area (Å²) < 4.78 is 5.82. The van der Waals surface area contributed by atoms with Crippen molar-refractivity contribution in [3.8, 4) is 16.9 Å². The van der Waals surface area contributed by atoms with Crippen LogP contribution in [0.15, 0.2) is 66.2 Å². The summed E-state index contributed by atoms with van der Waals surface area (Å²) in [7, 11) is 0. The molecule has 2 rings (SSSR count). The Kier molecular flexibility index (Phi) is 5.59. The second-order valence-corrected chi connectivity index (χ2v) is 5.17. The van der Waals surface area contributed by atoms with Gasteiger partial charge in [-0.2, -0.15) is 0 Å². The van der Waals surface area contributed by atoms with E-state index in [4.69, 9.17) is 4.74 Å². The highest BCUT2D eigenvalue weighted by molar-refractivity contribution is 5.70. The lowest BCUT2D eigenvalue weighted by Gasteiger charge is -2.15. The fraction of sp³-hybridized carbons (Fsp3) is 0.263. The van der Waals surface area contributed by atoms with Crippen molar-refractivity contribution in [2.24, 2.45) is 0 Å². The first-order valence-corrected chi connectivity index (χ1v) is 7.28. The second kappa shape index (κ2) is 7.65. The highest BCUT2D eigenvalue weighted by Crippen LogP contribution is 2.29. The number of hydrogen-bond acceptors (Lipinski definition) is 2. The highest BCUT2D eigenvalue weighted by Gasteiger charge is 2.09. The molecule has 0 aliphatic heterocycles. The van der Waals surface area contributed by atoms with Gasteiger partial charge in [-0.1, -0.05) is 60.2 Å². The van der Waals surface area contributed by atoms with Gasteiger partial charge >= 0.3 is 0 Å². The third kappa shape index (κ3) is 4.47. The van der Waals surface area contributed by atoms with Crippen LogP contribution >= 0.6 is 0 Å². The van der Waals surface area contributed by atoms with E-state index in [1.165, 1.54) is 5.57 Å². The van der Waals surface area contributed by atoms with Gasteiger partial charge in [-0.3, -0.25) is 0 Å². The molecule has 0 saturated heterocycles. The summed E-state index contributed by atoms with van der Waals surface area (Å²) >= 11 is 0. The maximum Gasteiger partial charge on any atom is 0.127 e. The smallest absolute Gasteiger partial charge is 0.127 e. The van der Waals surface area contributed by atoms with E-state index in [1.54, 1.807) is 0 Å². The van der Waals surface area contributed by atoms with Gasteiger partial charge in [0.25, 0.3) is 0 Å². The quantitative estimate of drug-likeness (QED) is 0.793. The number of rotatable bonds is 6. The molecule has 2 nitrogen and oxygen atoms in total. The van der Waals surface area contributed by atoms with Crippen LogP contribution in [0.3, 0.4) is 0 Å². The number of para-hydroxylation sites is 1. The first-order chi connectivity index (χ1) is 10.2. The Morgan fingerprint density at radius 2 is 1.76 bits per heavy atom. The third-order valence-electron chi connectivity index (χ3n) is 3.45. The molecule has 1 atom stereocenters. The lowest BCUT2D eigenvalue weighted by atomic mass is 10.0. The molecule has 0 aliphatic rings. The van der Waals surface area contributed by atoms with Crippen molar-refractivity contribution in [2.75, 3.05) is 6.61 Å². The molecule has 2 aromatic carbocycles. The van der Waals surface area contributed by atoms with Crippen molar-refractivity contribution in [2.45, 2.75) is 26.4 Å². The minimum atomic E-state index is -0.481. The molecule has 110 valence electrons. The van der Waals surface area contributed by atoms with Crippen molar-refractivity contribution >= 4 is 0 Å². The molecule has 2 aromatic rings. The maximum absolute atomic E-state index is 10.0. The minimum absolute atomic E-state index is 0.301. The minimum Gasteiger partial charge on any atom is -0.490 e. The number of allylic oxidation sites excluding steroid dienone is 1. The molecule has 0 heterocycles. The van der Waals surface area contributed by atoms with Crippen LogP contribution in [0.4, 0.5) is 0 Å². The van der Waals surface area contributed by atoms with Crippen molar-refractivity contribution in [3.63, 3.8) is 0 Å². The van der Waals surface area contributed by atoms with Crippen molar-refractivity contribution in [1.29, 1.82) is 0 Å². The molecule has 0 amide bonds. The van der Waals surface area contributed by atoms with E-state index in [9.17, 15) is 5.11 Å². The fourth-order valence-corrected chi connectivity index (χ4v) is 2.18. The molecule has 21 heavy (non-hydrogen) atoms. The normalized spacial score (nSPS) is 13.0. The molecular formula is C19H22O2. The molecule has 1 unspecified atom stereocenters. The van der Waals surface area contributed by atoms with Gasteiger partial charge in [-0.05, 0) is 31.9 Å². The zero-order valence-electron chi connectivity index (χ0n) is 12.6. The lowest BCUT2D eigenvalue weighted by molar-refractivity contribution is 0.108. The maximum atomic E-state index is 10.0. The predicted octanol–water partition coefficient (Wildman–Crippen LogP) is 4.45. The van der Waals surface area contributed by atoms with Crippen LogP contribution in [0.25, 0.3) is 11.1 Å². The molecule has 1 N–H and O–H groups in total. The Bertz CT molecular complexity index is 588. The molecule has 2 heteroatoms. The Balaban J connectivity index is 2.08. The van der Waals surface area contributed by atoms with Crippen LogP contribution in [0.2, 0.25) is 0 Å². The zero-order chi connectivity index (χ0) is 15.1. The van der Waals surface area contributed by atoms with Crippen molar-refractivity contribution in [1.82, 2.24) is 0 Å². The van der Waals surface area contributed by atoms with Crippen LogP contribution < -0.4 is 4.74 Å². The van der Waals surface area contributed by atoms with E-state index in [2.05, 4.69) is 12.1 Å². The summed E-state index contributed by atoms with van der Waals surface area (Å²) in [5, 5.41) is 10.0. The molecule has 0 fully saturated rings. The monoisotopic (exact) mass is 282 g/mol. The first kappa shape index (κ1) is 15.3. The summed E-state index contributed by atoms with van der Waals surface area (Å²) in [4.78, 5) is 0. The van der Waals surface area contributed by atoms with Crippen LogP contribution in [0.5, 0.6) is 5.75 Å². The van der Waals surface area contributed by atoms with Crippen LogP contribution in [0.1, 0.15) is 20.3 Å². The summed E-state index contributed by atoms with van der Waals surface area (Å²) in [6, 6.07) is 18.1. The number of hydrogen-bond donors (Lipinski definition) is 1. The van der Waals surface area contributed by atoms with E-state index in [0.717, 1.165) is 16.9 Å². The lowest BCUT2D eigenvalue weighted by Crippen LogP contribution is -2.18. The van der Waals surface area contributed by atoms with Gasteiger partial charge in [0.05, 0.1) is 6.10 Å². The Labute approximate surface area is 126 Å². The fourth-order valence-electron chi connectivity index (χ4n) is 2.18. The Hall–Kier alpha value is -2.06. The topological polar surface area (TPSA) is 29.5 Å². The van der Waals surface area contributed by atoms with Crippen LogP contribution in [0, 0.1) is 0 Å². The number of aliphatic hydroxyl groups excluding tert-OH is 1. The van der Waals surface area contributed by atoms with E-state index in [0.29, 0.717) is 13.0 Å². The Morgan fingerprint density at radius 1 is 1.10 bits per heavy atom. The molecule has 0 spiro atoms.